The number of hydrogen-bond donors (Lipinski definition) is 0. The van der Waals surface area contributed by atoms with Gasteiger partial charge in [-0.15, -0.1) is 6.58 Å². The van der Waals surface area contributed by atoms with E-state index in [1.807, 2.05) is 0 Å². The molecule has 0 radical (unpaired) electrons. The van der Waals surface area contributed by atoms with Crippen LogP contribution >= 0.6 is 0 Å². The zero-order valence-corrected chi connectivity index (χ0v) is 11.1. The first-order chi connectivity index (χ1) is 5.83. The molecule has 0 N–H and O–H groups in total. The van der Waals surface area contributed by atoms with Gasteiger partial charge in [0.25, 0.3) is 0 Å². The van der Waals surface area contributed by atoms with Gasteiger partial charge >= 0.3 is 0 Å². The van der Waals surface area contributed by atoms with Gasteiger partial charge in [0, 0.05) is 0 Å². The highest BCUT2D eigenvalue weighted by molar-refractivity contribution is 6.75. The molecule has 0 unspecified atom stereocenters. The Balaban J connectivity index is 4.61. The second-order valence-corrected chi connectivity index (χ2v) is 9.45. The summed E-state index contributed by atoms with van der Waals surface area (Å²) in [5, 5.41) is 0. The molecule has 0 saturated carbocycles. The average molecular weight is 199 g/mol. The molecule has 2 heteroatoms. The lowest BCUT2D eigenvalue weighted by Gasteiger charge is -2.42. The van der Waals surface area contributed by atoms with E-state index in [1.54, 1.807) is 0 Å². The molecule has 0 amide bonds. The van der Waals surface area contributed by atoms with E-state index < -0.39 is 8.24 Å². The number of rotatable bonds is 5. The minimum Gasteiger partial charge on any atom is -0.319 e. The maximum atomic E-state index is 3.85. The Hall–Kier alpha value is -0.0831. The van der Waals surface area contributed by atoms with Gasteiger partial charge in [0.1, 0.15) is 8.24 Å². The van der Waals surface area contributed by atoms with Crippen LogP contribution in [0.5, 0.6) is 0 Å². The molecule has 0 bridgehead atoms. The van der Waals surface area contributed by atoms with Crippen LogP contribution in [0.2, 0.25) is 19.1 Å². The quantitative estimate of drug-likeness (QED) is 0.484. The van der Waals surface area contributed by atoms with Crippen LogP contribution < -0.4 is 0 Å². The highest BCUT2D eigenvalue weighted by Gasteiger charge is 2.31. The Labute approximate surface area is 84.9 Å². The van der Waals surface area contributed by atoms with Crippen LogP contribution in [-0.4, -0.2) is 24.9 Å². The lowest BCUT2D eigenvalue weighted by atomic mass is 10.3. The van der Waals surface area contributed by atoms with Gasteiger partial charge in [-0.1, -0.05) is 46.9 Å². The van der Waals surface area contributed by atoms with Crippen LogP contribution in [0, 0.1) is 0 Å². The normalized spacial score (nSPS) is 13.0. The van der Waals surface area contributed by atoms with Crippen LogP contribution in [0.1, 0.15) is 27.7 Å². The van der Waals surface area contributed by atoms with E-state index in [0.717, 1.165) is 0 Å². The monoisotopic (exact) mass is 199 g/mol. The molecule has 0 aromatic rings. The molecule has 0 aromatic heterocycles. The molecule has 0 rings (SSSR count). The van der Waals surface area contributed by atoms with Gasteiger partial charge in [0.2, 0.25) is 0 Å². The Morgan fingerprint density at radius 1 is 1.15 bits per heavy atom. The summed E-state index contributed by atoms with van der Waals surface area (Å²) in [7, 11) is -1.24. The molecule has 0 fully saturated rings. The summed E-state index contributed by atoms with van der Waals surface area (Å²) >= 11 is 0. The van der Waals surface area contributed by atoms with Crippen molar-refractivity contribution in [1.82, 2.24) is 4.57 Å². The topological polar surface area (TPSA) is 3.24 Å². The van der Waals surface area contributed by atoms with E-state index in [9.17, 15) is 0 Å². The summed E-state index contributed by atoms with van der Waals surface area (Å²) in [4.78, 5) is 0. The molecule has 1 nitrogen and oxygen atoms in total. The first kappa shape index (κ1) is 12.9. The van der Waals surface area contributed by atoms with Gasteiger partial charge in [-0.05, 0) is 18.1 Å². The van der Waals surface area contributed by atoms with E-state index in [0.29, 0.717) is 12.1 Å². The zero-order chi connectivity index (χ0) is 10.6. The highest BCUT2D eigenvalue weighted by Crippen LogP contribution is 2.21. The molecule has 0 aliphatic rings. The maximum absolute atomic E-state index is 3.85. The molecule has 0 spiro atoms. The van der Waals surface area contributed by atoms with Crippen LogP contribution in [0.25, 0.3) is 0 Å². The standard InChI is InChI=1S/C11H25NSi/c1-8-9-13(6,7)12(10(2)3)11(4)5/h8,10-11H,1,9H2,2-7H3. The minimum atomic E-state index is -1.24. The molecule has 0 heterocycles. The van der Waals surface area contributed by atoms with Gasteiger partial charge in [-0.2, -0.15) is 0 Å². The van der Waals surface area contributed by atoms with Gasteiger partial charge in [0.15, 0.2) is 0 Å². The largest absolute Gasteiger partial charge is 0.319 e. The van der Waals surface area contributed by atoms with Crippen LogP contribution in [0.3, 0.4) is 0 Å². The third-order valence-corrected chi connectivity index (χ3v) is 6.17. The second kappa shape index (κ2) is 4.96. The van der Waals surface area contributed by atoms with E-state index in [1.165, 1.54) is 6.04 Å². The number of hydrogen-bond acceptors (Lipinski definition) is 1. The molecular formula is C11H25NSi. The first-order valence-electron chi connectivity index (χ1n) is 5.22. The molecular weight excluding hydrogens is 174 g/mol. The van der Waals surface area contributed by atoms with E-state index >= 15 is 0 Å². The average Bonchev–Trinajstić information content (AvgIpc) is 1.82. The highest BCUT2D eigenvalue weighted by atomic mass is 28.3. The van der Waals surface area contributed by atoms with Gasteiger partial charge in [0.05, 0.1) is 0 Å². The molecule has 78 valence electrons. The van der Waals surface area contributed by atoms with Crippen molar-refractivity contribution in [3.8, 4) is 0 Å². The predicted octanol–water partition coefficient (Wildman–Crippen LogP) is 3.50. The van der Waals surface area contributed by atoms with Crippen molar-refractivity contribution in [3.05, 3.63) is 12.7 Å². The van der Waals surface area contributed by atoms with Crippen LogP contribution in [0.15, 0.2) is 12.7 Å². The summed E-state index contributed by atoms with van der Waals surface area (Å²) in [6.07, 6.45) is 2.07. The van der Waals surface area contributed by atoms with E-state index in [-0.39, 0.29) is 0 Å². The summed E-state index contributed by atoms with van der Waals surface area (Å²) in [5.74, 6) is 0. The molecule has 13 heavy (non-hydrogen) atoms. The fourth-order valence-corrected chi connectivity index (χ4v) is 6.17. The number of allylic oxidation sites excluding steroid dienone is 1. The van der Waals surface area contributed by atoms with Crippen molar-refractivity contribution in [2.24, 2.45) is 0 Å². The van der Waals surface area contributed by atoms with Crippen molar-refractivity contribution in [3.63, 3.8) is 0 Å². The van der Waals surface area contributed by atoms with Crippen LogP contribution in [-0.2, 0) is 0 Å². The molecule has 0 aliphatic carbocycles. The van der Waals surface area contributed by atoms with Crippen molar-refractivity contribution >= 4 is 8.24 Å². The first-order valence-corrected chi connectivity index (χ1v) is 8.37. The molecule has 0 atom stereocenters. The summed E-state index contributed by atoms with van der Waals surface area (Å²) in [5.41, 5.74) is 0. The summed E-state index contributed by atoms with van der Waals surface area (Å²) in [6.45, 7) is 17.9. The van der Waals surface area contributed by atoms with Crippen LogP contribution in [0.4, 0.5) is 0 Å². The summed E-state index contributed by atoms with van der Waals surface area (Å²) in [6, 6.07) is 2.49. The Morgan fingerprint density at radius 3 is 1.77 bits per heavy atom. The molecule has 0 aliphatic heterocycles. The van der Waals surface area contributed by atoms with Crippen molar-refractivity contribution in [1.29, 1.82) is 0 Å². The Morgan fingerprint density at radius 2 is 1.54 bits per heavy atom. The van der Waals surface area contributed by atoms with E-state index in [4.69, 9.17) is 0 Å². The third kappa shape index (κ3) is 3.65. The van der Waals surface area contributed by atoms with Crippen molar-refractivity contribution in [2.45, 2.75) is 58.9 Å². The smallest absolute Gasteiger partial charge is 0.126 e. The van der Waals surface area contributed by atoms with Crippen molar-refractivity contribution in [2.75, 3.05) is 0 Å². The Bertz CT molecular complexity index is 153. The van der Waals surface area contributed by atoms with Crippen molar-refractivity contribution < 1.29 is 0 Å². The van der Waals surface area contributed by atoms with Gasteiger partial charge in [-0.3, -0.25) is 0 Å². The molecule has 0 saturated heterocycles. The predicted molar refractivity (Wildman–Crippen MR) is 64.6 cm³/mol. The lowest BCUT2D eigenvalue weighted by Crippen LogP contribution is -2.55. The molecule has 0 aromatic carbocycles. The Kier molecular flexibility index (Phi) is 4.93. The lowest BCUT2D eigenvalue weighted by molar-refractivity contribution is 0.295. The third-order valence-electron chi connectivity index (χ3n) is 2.46. The fourth-order valence-electron chi connectivity index (χ4n) is 2.45. The second-order valence-electron chi connectivity index (χ2n) is 4.90. The minimum absolute atomic E-state index is 0.654. The number of nitrogens with zero attached hydrogens (tertiary/aromatic N) is 1. The van der Waals surface area contributed by atoms with Gasteiger partial charge < -0.3 is 4.57 Å². The SMILES string of the molecule is C=CC[Si](C)(C)N(C(C)C)C(C)C. The summed E-state index contributed by atoms with van der Waals surface area (Å²) < 4.78 is 2.68. The zero-order valence-electron chi connectivity index (χ0n) is 10.1. The maximum Gasteiger partial charge on any atom is 0.126 e. The van der Waals surface area contributed by atoms with E-state index in [2.05, 4.69) is 58.0 Å². The fraction of sp³-hybridized carbons (Fsp3) is 0.818. The van der Waals surface area contributed by atoms with Gasteiger partial charge in [-0.25, -0.2) is 0 Å².